The van der Waals surface area contributed by atoms with Crippen LogP contribution < -0.4 is 5.32 Å². The first-order valence-electron chi connectivity index (χ1n) is 7.81. The Morgan fingerprint density at radius 3 is 2.75 bits per heavy atom. The lowest BCUT2D eigenvalue weighted by atomic mass is 9.86. The molecule has 0 bridgehead atoms. The van der Waals surface area contributed by atoms with Gasteiger partial charge in [0.2, 0.25) is 0 Å². The third-order valence-electron chi connectivity index (χ3n) is 4.35. The Hall–Kier alpha value is -1.35. The van der Waals surface area contributed by atoms with E-state index in [0.29, 0.717) is 24.0 Å². The van der Waals surface area contributed by atoms with Crippen molar-refractivity contribution >= 4 is 5.97 Å². The summed E-state index contributed by atoms with van der Waals surface area (Å²) in [6, 6.07) is 6.19. The van der Waals surface area contributed by atoms with E-state index in [4.69, 9.17) is 4.74 Å². The fourth-order valence-corrected chi connectivity index (χ4v) is 3.15. The van der Waals surface area contributed by atoms with E-state index in [1.54, 1.807) is 0 Å². The Labute approximate surface area is 120 Å². The minimum Gasteiger partial charge on any atom is -0.462 e. The zero-order valence-corrected chi connectivity index (χ0v) is 12.2. The molecule has 1 heterocycles. The van der Waals surface area contributed by atoms with E-state index in [-0.39, 0.29) is 5.97 Å². The average molecular weight is 273 g/mol. The molecule has 1 saturated carbocycles. The van der Waals surface area contributed by atoms with Crippen molar-refractivity contribution in [2.24, 2.45) is 0 Å². The Balaban J connectivity index is 1.88. The zero-order chi connectivity index (χ0) is 13.9. The van der Waals surface area contributed by atoms with Gasteiger partial charge in [-0.05, 0) is 74.2 Å². The number of ether oxygens (including phenoxy) is 1. The summed E-state index contributed by atoms with van der Waals surface area (Å²) in [6.07, 6.45) is 5.03. The lowest BCUT2D eigenvalue weighted by Gasteiger charge is -2.25. The zero-order valence-electron chi connectivity index (χ0n) is 12.2. The Morgan fingerprint density at radius 2 is 2.10 bits per heavy atom. The molecule has 3 nitrogen and oxygen atoms in total. The maximum absolute atomic E-state index is 11.9. The Morgan fingerprint density at radius 1 is 1.25 bits per heavy atom. The molecule has 1 aliphatic carbocycles. The number of nitrogens with one attached hydrogen (secondary N) is 1. The van der Waals surface area contributed by atoms with Crippen molar-refractivity contribution in [3.05, 3.63) is 34.9 Å². The third kappa shape index (κ3) is 2.88. The van der Waals surface area contributed by atoms with Gasteiger partial charge in [0, 0.05) is 6.54 Å². The second kappa shape index (κ2) is 5.96. The topological polar surface area (TPSA) is 38.3 Å². The average Bonchev–Trinajstić information content (AvgIpc) is 3.32. The normalized spacial score (nSPS) is 22.6. The second-order valence-corrected chi connectivity index (χ2v) is 5.88. The molecular formula is C17H23NO2. The first kappa shape index (κ1) is 13.6. The van der Waals surface area contributed by atoms with Gasteiger partial charge in [-0.3, -0.25) is 0 Å². The maximum Gasteiger partial charge on any atom is 0.338 e. The molecule has 20 heavy (non-hydrogen) atoms. The van der Waals surface area contributed by atoms with Gasteiger partial charge >= 0.3 is 5.97 Å². The van der Waals surface area contributed by atoms with E-state index in [2.05, 4.69) is 17.4 Å². The smallest absolute Gasteiger partial charge is 0.338 e. The molecule has 0 unspecified atom stereocenters. The van der Waals surface area contributed by atoms with Crippen LogP contribution in [0.1, 0.15) is 65.9 Å². The minimum atomic E-state index is -0.192. The summed E-state index contributed by atoms with van der Waals surface area (Å²) >= 11 is 0. The summed E-state index contributed by atoms with van der Waals surface area (Å²) in [5.41, 5.74) is 3.55. The monoisotopic (exact) mass is 273 g/mol. The molecule has 108 valence electrons. The summed E-state index contributed by atoms with van der Waals surface area (Å²) in [4.78, 5) is 11.9. The third-order valence-corrected chi connectivity index (χ3v) is 4.35. The number of carbonyl (C=O) groups is 1. The molecule has 1 aromatic carbocycles. The first-order chi connectivity index (χ1) is 9.79. The molecule has 0 aromatic heterocycles. The predicted molar refractivity (Wildman–Crippen MR) is 79.2 cm³/mol. The van der Waals surface area contributed by atoms with Crippen LogP contribution in [0.5, 0.6) is 0 Å². The molecule has 0 spiro atoms. The quantitative estimate of drug-likeness (QED) is 0.856. The van der Waals surface area contributed by atoms with Gasteiger partial charge in [0.25, 0.3) is 0 Å². The molecule has 0 amide bonds. The summed E-state index contributed by atoms with van der Waals surface area (Å²) in [6.45, 7) is 4.49. The SMILES string of the molecule is CCOC(=O)c1ccc([C@H]2CCCNC2)c(C2CC2)c1. The van der Waals surface area contributed by atoms with Gasteiger partial charge in [-0.15, -0.1) is 0 Å². The lowest BCUT2D eigenvalue weighted by molar-refractivity contribution is 0.0526. The molecule has 1 aromatic rings. The van der Waals surface area contributed by atoms with Gasteiger partial charge in [-0.2, -0.15) is 0 Å². The number of carbonyl (C=O) groups excluding carboxylic acids is 1. The highest BCUT2D eigenvalue weighted by molar-refractivity contribution is 5.89. The summed E-state index contributed by atoms with van der Waals surface area (Å²) < 4.78 is 5.12. The van der Waals surface area contributed by atoms with Gasteiger partial charge in [0.05, 0.1) is 12.2 Å². The van der Waals surface area contributed by atoms with Crippen LogP contribution in [0, 0.1) is 0 Å². The summed E-state index contributed by atoms with van der Waals surface area (Å²) in [5.74, 6) is 1.08. The van der Waals surface area contributed by atoms with E-state index in [9.17, 15) is 4.79 Å². The summed E-state index contributed by atoms with van der Waals surface area (Å²) in [7, 11) is 0. The molecular weight excluding hydrogens is 250 g/mol. The van der Waals surface area contributed by atoms with Crippen LogP contribution in [0.4, 0.5) is 0 Å². The van der Waals surface area contributed by atoms with E-state index in [1.807, 2.05) is 13.0 Å². The van der Waals surface area contributed by atoms with Crippen LogP contribution in [0.3, 0.4) is 0 Å². The molecule has 1 aliphatic heterocycles. The molecule has 2 fully saturated rings. The second-order valence-electron chi connectivity index (χ2n) is 5.88. The molecule has 1 saturated heterocycles. The summed E-state index contributed by atoms with van der Waals surface area (Å²) in [5, 5.41) is 3.49. The Kier molecular flexibility index (Phi) is 4.06. The van der Waals surface area contributed by atoms with Crippen molar-refractivity contribution in [3.63, 3.8) is 0 Å². The van der Waals surface area contributed by atoms with Crippen molar-refractivity contribution in [1.82, 2.24) is 5.32 Å². The van der Waals surface area contributed by atoms with Crippen LogP contribution in [0.15, 0.2) is 18.2 Å². The maximum atomic E-state index is 11.9. The molecule has 2 aliphatic rings. The minimum absolute atomic E-state index is 0.192. The van der Waals surface area contributed by atoms with Crippen molar-refractivity contribution in [1.29, 1.82) is 0 Å². The van der Waals surface area contributed by atoms with Crippen molar-refractivity contribution < 1.29 is 9.53 Å². The van der Waals surface area contributed by atoms with Crippen LogP contribution in [0.25, 0.3) is 0 Å². The number of benzene rings is 1. The Bertz CT molecular complexity index is 488. The highest BCUT2D eigenvalue weighted by atomic mass is 16.5. The number of esters is 1. The predicted octanol–water partition coefficient (Wildman–Crippen LogP) is 3.21. The highest BCUT2D eigenvalue weighted by Gasteiger charge is 2.29. The number of hydrogen-bond acceptors (Lipinski definition) is 3. The van der Waals surface area contributed by atoms with Crippen molar-refractivity contribution in [3.8, 4) is 0 Å². The van der Waals surface area contributed by atoms with Gasteiger partial charge in [0.15, 0.2) is 0 Å². The number of piperidine rings is 1. The van der Waals surface area contributed by atoms with Gasteiger partial charge < -0.3 is 10.1 Å². The van der Waals surface area contributed by atoms with Crippen LogP contribution >= 0.6 is 0 Å². The molecule has 3 heteroatoms. The molecule has 1 N–H and O–H groups in total. The number of hydrogen-bond donors (Lipinski definition) is 1. The fraction of sp³-hybridized carbons (Fsp3) is 0.588. The molecule has 0 radical (unpaired) electrons. The van der Waals surface area contributed by atoms with Crippen LogP contribution in [-0.4, -0.2) is 25.7 Å². The highest BCUT2D eigenvalue weighted by Crippen LogP contribution is 2.44. The molecule has 3 rings (SSSR count). The van der Waals surface area contributed by atoms with Gasteiger partial charge in [-0.25, -0.2) is 4.79 Å². The van der Waals surface area contributed by atoms with Gasteiger partial charge in [0.1, 0.15) is 0 Å². The van der Waals surface area contributed by atoms with E-state index >= 15 is 0 Å². The molecule has 1 atom stereocenters. The van der Waals surface area contributed by atoms with E-state index < -0.39 is 0 Å². The number of rotatable bonds is 4. The van der Waals surface area contributed by atoms with Crippen molar-refractivity contribution in [2.75, 3.05) is 19.7 Å². The van der Waals surface area contributed by atoms with Gasteiger partial charge in [-0.1, -0.05) is 6.07 Å². The van der Waals surface area contributed by atoms with Crippen LogP contribution in [-0.2, 0) is 4.74 Å². The first-order valence-corrected chi connectivity index (χ1v) is 7.81. The van der Waals surface area contributed by atoms with Crippen LogP contribution in [0.2, 0.25) is 0 Å². The lowest BCUT2D eigenvalue weighted by Crippen LogP contribution is -2.29. The standard InChI is InChI=1S/C17H23NO2/c1-2-20-17(19)13-7-8-15(14-4-3-9-18-11-14)16(10-13)12-5-6-12/h7-8,10,12,14,18H,2-6,9,11H2,1H3/t14-/m0/s1. The largest absolute Gasteiger partial charge is 0.462 e. The van der Waals surface area contributed by atoms with E-state index in [1.165, 1.54) is 36.8 Å². The van der Waals surface area contributed by atoms with E-state index in [0.717, 1.165) is 13.1 Å². The fourth-order valence-electron chi connectivity index (χ4n) is 3.15. The van der Waals surface area contributed by atoms with Crippen molar-refractivity contribution in [2.45, 2.75) is 44.4 Å².